The third-order valence-corrected chi connectivity index (χ3v) is 4.08. The lowest BCUT2D eigenvalue weighted by molar-refractivity contribution is -0.124. The molecule has 0 radical (unpaired) electrons. The van der Waals surface area contributed by atoms with E-state index in [9.17, 15) is 4.79 Å². The normalized spacial score (nSPS) is 13.9. The number of aromatic nitrogens is 5. The van der Waals surface area contributed by atoms with Crippen LogP contribution in [0.1, 0.15) is 37.2 Å². The maximum Gasteiger partial charge on any atom is 0.245 e. The molecule has 7 nitrogen and oxygen atoms in total. The molecule has 0 fully saturated rings. The van der Waals surface area contributed by atoms with E-state index < -0.39 is 6.04 Å². The van der Waals surface area contributed by atoms with Crippen LogP contribution in [0.25, 0.3) is 11.0 Å². The van der Waals surface area contributed by atoms with Gasteiger partial charge in [-0.15, -0.1) is 0 Å². The lowest BCUT2D eigenvalue weighted by Gasteiger charge is -2.18. The standard InChI is InChI=1S/C16H20N6O/c1-10(13-5-7-17-8-6-13)19-16(23)12(3)22-15-11(2)20-21(4)14(15)9-18-22/h5-10,12H,1-4H3,(H,19,23)/t10-,12-/m0/s1. The van der Waals surface area contributed by atoms with Gasteiger partial charge in [0.15, 0.2) is 0 Å². The van der Waals surface area contributed by atoms with Crippen LogP contribution in [0.5, 0.6) is 0 Å². The van der Waals surface area contributed by atoms with Gasteiger partial charge in [0, 0.05) is 19.4 Å². The number of hydrogen-bond acceptors (Lipinski definition) is 4. The van der Waals surface area contributed by atoms with Gasteiger partial charge < -0.3 is 5.32 Å². The Hall–Kier alpha value is -2.70. The second-order valence-corrected chi connectivity index (χ2v) is 5.72. The first-order chi connectivity index (χ1) is 11.0. The molecular formula is C16H20N6O. The summed E-state index contributed by atoms with van der Waals surface area (Å²) in [4.78, 5) is 16.6. The van der Waals surface area contributed by atoms with Crippen LogP contribution in [0.3, 0.4) is 0 Å². The van der Waals surface area contributed by atoms with Crippen molar-refractivity contribution in [1.29, 1.82) is 0 Å². The predicted molar refractivity (Wildman–Crippen MR) is 86.7 cm³/mol. The number of carbonyl (C=O) groups is 1. The van der Waals surface area contributed by atoms with Crippen LogP contribution >= 0.6 is 0 Å². The highest BCUT2D eigenvalue weighted by atomic mass is 16.2. The first-order valence-corrected chi connectivity index (χ1v) is 7.56. The Labute approximate surface area is 134 Å². The van der Waals surface area contributed by atoms with Crippen molar-refractivity contribution in [3.8, 4) is 0 Å². The van der Waals surface area contributed by atoms with Gasteiger partial charge in [-0.25, -0.2) is 4.68 Å². The van der Waals surface area contributed by atoms with Gasteiger partial charge in [0.25, 0.3) is 0 Å². The molecule has 7 heteroatoms. The van der Waals surface area contributed by atoms with Crippen LogP contribution in [0.15, 0.2) is 30.7 Å². The van der Waals surface area contributed by atoms with Gasteiger partial charge in [0.05, 0.1) is 17.9 Å². The molecule has 2 atom stereocenters. The maximum absolute atomic E-state index is 12.6. The van der Waals surface area contributed by atoms with E-state index in [1.165, 1.54) is 0 Å². The zero-order valence-electron chi connectivity index (χ0n) is 13.7. The van der Waals surface area contributed by atoms with Gasteiger partial charge in [-0.3, -0.25) is 14.5 Å². The van der Waals surface area contributed by atoms with Gasteiger partial charge in [-0.1, -0.05) is 0 Å². The summed E-state index contributed by atoms with van der Waals surface area (Å²) in [5, 5.41) is 11.8. The Balaban J connectivity index is 1.82. The van der Waals surface area contributed by atoms with Gasteiger partial charge in [-0.05, 0) is 38.5 Å². The summed E-state index contributed by atoms with van der Waals surface area (Å²) in [6.07, 6.45) is 5.18. The molecule has 1 amide bonds. The fraction of sp³-hybridized carbons (Fsp3) is 0.375. The number of nitrogens with one attached hydrogen (secondary N) is 1. The van der Waals surface area contributed by atoms with Crippen LogP contribution in [0.4, 0.5) is 0 Å². The monoisotopic (exact) mass is 312 g/mol. The van der Waals surface area contributed by atoms with Crippen molar-refractivity contribution in [3.05, 3.63) is 42.0 Å². The van der Waals surface area contributed by atoms with Crippen molar-refractivity contribution in [1.82, 2.24) is 29.9 Å². The molecule has 0 aliphatic rings. The summed E-state index contributed by atoms with van der Waals surface area (Å²) in [6, 6.07) is 3.29. The Morgan fingerprint density at radius 2 is 1.96 bits per heavy atom. The predicted octanol–water partition coefficient (Wildman–Crippen LogP) is 1.91. The molecule has 0 aromatic carbocycles. The first-order valence-electron chi connectivity index (χ1n) is 7.56. The molecular weight excluding hydrogens is 292 g/mol. The number of carbonyl (C=O) groups excluding carboxylic acids is 1. The van der Waals surface area contributed by atoms with Crippen molar-refractivity contribution < 1.29 is 4.79 Å². The van der Waals surface area contributed by atoms with Crippen molar-refractivity contribution >= 4 is 16.9 Å². The SMILES string of the molecule is Cc1nn(C)c2cnn([C@@H](C)C(=O)N[C@@H](C)c3ccncc3)c12. The Morgan fingerprint density at radius 3 is 2.65 bits per heavy atom. The van der Waals surface area contributed by atoms with E-state index in [0.29, 0.717) is 0 Å². The fourth-order valence-corrected chi connectivity index (χ4v) is 2.74. The molecule has 0 aliphatic carbocycles. The minimum atomic E-state index is -0.417. The summed E-state index contributed by atoms with van der Waals surface area (Å²) in [5.41, 5.74) is 3.70. The average Bonchev–Trinajstić information content (AvgIpc) is 3.10. The Morgan fingerprint density at radius 1 is 1.26 bits per heavy atom. The summed E-state index contributed by atoms with van der Waals surface area (Å²) >= 11 is 0. The quantitative estimate of drug-likeness (QED) is 0.798. The van der Waals surface area contributed by atoms with E-state index in [4.69, 9.17) is 0 Å². The fourth-order valence-electron chi connectivity index (χ4n) is 2.74. The highest BCUT2D eigenvalue weighted by Crippen LogP contribution is 2.21. The first kappa shape index (κ1) is 15.2. The number of pyridine rings is 1. The van der Waals surface area contributed by atoms with E-state index in [1.54, 1.807) is 28.0 Å². The number of nitrogens with zero attached hydrogens (tertiary/aromatic N) is 5. The van der Waals surface area contributed by atoms with Crippen LogP contribution in [-0.4, -0.2) is 30.5 Å². The van der Waals surface area contributed by atoms with Crippen LogP contribution < -0.4 is 5.32 Å². The summed E-state index contributed by atoms with van der Waals surface area (Å²) in [6.45, 7) is 5.71. The van der Waals surface area contributed by atoms with Crippen molar-refractivity contribution in [2.45, 2.75) is 32.9 Å². The Bertz CT molecular complexity index is 835. The third kappa shape index (κ3) is 2.69. The molecule has 0 aliphatic heterocycles. The summed E-state index contributed by atoms with van der Waals surface area (Å²) in [7, 11) is 1.87. The van der Waals surface area contributed by atoms with E-state index in [0.717, 1.165) is 22.3 Å². The Kier molecular flexibility index (Phi) is 3.85. The van der Waals surface area contributed by atoms with E-state index in [-0.39, 0.29) is 11.9 Å². The molecule has 0 saturated carbocycles. The molecule has 120 valence electrons. The second-order valence-electron chi connectivity index (χ2n) is 5.72. The smallest absolute Gasteiger partial charge is 0.245 e. The highest BCUT2D eigenvalue weighted by molar-refractivity contribution is 5.84. The molecule has 0 bridgehead atoms. The largest absolute Gasteiger partial charge is 0.348 e. The van der Waals surface area contributed by atoms with Crippen LogP contribution in [0.2, 0.25) is 0 Å². The van der Waals surface area contributed by atoms with Crippen molar-refractivity contribution in [2.24, 2.45) is 7.05 Å². The van der Waals surface area contributed by atoms with Crippen molar-refractivity contribution in [3.63, 3.8) is 0 Å². The summed E-state index contributed by atoms with van der Waals surface area (Å²) in [5.74, 6) is -0.0810. The second kappa shape index (κ2) is 5.83. The molecule has 3 aromatic rings. The highest BCUT2D eigenvalue weighted by Gasteiger charge is 2.22. The molecule has 3 rings (SSSR count). The topological polar surface area (TPSA) is 77.6 Å². The van der Waals surface area contributed by atoms with E-state index in [2.05, 4.69) is 20.5 Å². The van der Waals surface area contributed by atoms with Gasteiger partial charge in [0.1, 0.15) is 17.1 Å². The van der Waals surface area contributed by atoms with Gasteiger partial charge >= 0.3 is 0 Å². The number of fused-ring (bicyclic) bond motifs is 1. The number of hydrogen-bond donors (Lipinski definition) is 1. The minimum Gasteiger partial charge on any atom is -0.348 e. The molecule has 0 saturated heterocycles. The molecule has 0 unspecified atom stereocenters. The zero-order valence-corrected chi connectivity index (χ0v) is 13.7. The van der Waals surface area contributed by atoms with E-state index >= 15 is 0 Å². The average molecular weight is 312 g/mol. The van der Waals surface area contributed by atoms with Gasteiger partial charge in [0.2, 0.25) is 5.91 Å². The molecule has 3 aromatic heterocycles. The zero-order chi connectivity index (χ0) is 16.6. The number of aryl methyl sites for hydroxylation is 2. The molecule has 23 heavy (non-hydrogen) atoms. The van der Waals surface area contributed by atoms with Crippen LogP contribution in [0, 0.1) is 6.92 Å². The number of rotatable bonds is 4. The van der Waals surface area contributed by atoms with Crippen LogP contribution in [-0.2, 0) is 11.8 Å². The molecule has 3 heterocycles. The lowest BCUT2D eigenvalue weighted by Crippen LogP contribution is -2.33. The molecule has 1 N–H and O–H groups in total. The third-order valence-electron chi connectivity index (χ3n) is 4.08. The molecule has 0 spiro atoms. The van der Waals surface area contributed by atoms with E-state index in [1.807, 2.05) is 40.0 Å². The lowest BCUT2D eigenvalue weighted by atomic mass is 10.1. The minimum absolute atomic E-state index is 0.0810. The van der Waals surface area contributed by atoms with Gasteiger partial charge in [-0.2, -0.15) is 10.2 Å². The number of amides is 1. The summed E-state index contributed by atoms with van der Waals surface area (Å²) < 4.78 is 3.50. The van der Waals surface area contributed by atoms with Crippen molar-refractivity contribution in [2.75, 3.05) is 0 Å². The maximum atomic E-state index is 12.6.